The Hall–Kier alpha value is -2.82. The Morgan fingerprint density at radius 1 is 1.08 bits per heavy atom. The third-order valence-corrected chi connectivity index (χ3v) is 4.17. The van der Waals surface area contributed by atoms with Crippen molar-refractivity contribution in [3.05, 3.63) is 58.9 Å². The summed E-state index contributed by atoms with van der Waals surface area (Å²) in [6.07, 6.45) is 6.64. The number of ketones is 1. The van der Waals surface area contributed by atoms with E-state index in [4.69, 9.17) is 14.2 Å². The van der Waals surface area contributed by atoms with E-state index in [1.165, 1.54) is 7.11 Å². The second-order valence-corrected chi connectivity index (χ2v) is 5.79. The highest BCUT2D eigenvalue weighted by Gasteiger charge is 2.27. The van der Waals surface area contributed by atoms with E-state index in [-0.39, 0.29) is 12.2 Å². The number of Topliss-reactive ketones (excluding diaryl/α,β-unsaturated/α-hetero) is 1. The zero-order chi connectivity index (χ0) is 17.6. The van der Waals surface area contributed by atoms with Crippen molar-refractivity contribution in [2.75, 3.05) is 20.3 Å². The summed E-state index contributed by atoms with van der Waals surface area (Å²) in [4.78, 5) is 24.5. The van der Waals surface area contributed by atoms with Crippen molar-refractivity contribution in [2.24, 2.45) is 0 Å². The van der Waals surface area contributed by atoms with Crippen LogP contribution in [0.4, 0.5) is 0 Å². The van der Waals surface area contributed by atoms with Gasteiger partial charge in [0.05, 0.1) is 7.11 Å². The standard InChI is InChI=1S/C20H20O5/c1-23-20(22)15-12-14-6-2-3-7-18(14)24-10-4-5-11-25-19-9-8-17(21)16(19)13-15/h2-7,12H,8-11,13H2,1H3/b5-4+,15-12+. The minimum absolute atomic E-state index is 0.0215. The third-order valence-electron chi connectivity index (χ3n) is 4.17. The number of carbonyl (C=O) groups is 2. The first-order valence-electron chi connectivity index (χ1n) is 8.22. The molecule has 0 atom stereocenters. The third kappa shape index (κ3) is 3.99. The number of rotatable bonds is 1. The highest BCUT2D eigenvalue weighted by molar-refractivity contribution is 6.02. The van der Waals surface area contributed by atoms with Crippen LogP contribution >= 0.6 is 0 Å². The van der Waals surface area contributed by atoms with Crippen LogP contribution in [0.25, 0.3) is 6.08 Å². The number of para-hydroxylation sites is 1. The van der Waals surface area contributed by atoms with Crippen LogP contribution in [0.1, 0.15) is 24.8 Å². The van der Waals surface area contributed by atoms with Gasteiger partial charge in [-0.15, -0.1) is 0 Å². The van der Waals surface area contributed by atoms with Crippen molar-refractivity contribution in [3.8, 4) is 5.75 Å². The predicted octanol–water partition coefficient (Wildman–Crippen LogP) is 3.22. The van der Waals surface area contributed by atoms with Crippen LogP contribution in [-0.4, -0.2) is 32.1 Å². The molecule has 0 bridgehead atoms. The zero-order valence-electron chi connectivity index (χ0n) is 14.1. The Kier molecular flexibility index (Phi) is 5.33. The Morgan fingerprint density at radius 3 is 2.64 bits per heavy atom. The van der Waals surface area contributed by atoms with Gasteiger partial charge >= 0.3 is 5.97 Å². The van der Waals surface area contributed by atoms with Crippen molar-refractivity contribution in [3.63, 3.8) is 0 Å². The number of ether oxygens (including phenoxy) is 3. The van der Waals surface area contributed by atoms with Crippen molar-refractivity contribution in [1.82, 2.24) is 0 Å². The van der Waals surface area contributed by atoms with Crippen LogP contribution in [0.3, 0.4) is 0 Å². The van der Waals surface area contributed by atoms with Gasteiger partial charge in [0.25, 0.3) is 0 Å². The van der Waals surface area contributed by atoms with E-state index < -0.39 is 5.97 Å². The number of esters is 1. The van der Waals surface area contributed by atoms with Gasteiger partial charge in [-0.1, -0.05) is 18.2 Å². The van der Waals surface area contributed by atoms with Crippen LogP contribution in [0.5, 0.6) is 5.75 Å². The lowest BCUT2D eigenvalue weighted by Crippen LogP contribution is -2.09. The molecule has 0 unspecified atom stereocenters. The molecule has 0 N–H and O–H groups in total. The monoisotopic (exact) mass is 340 g/mol. The summed E-state index contributed by atoms with van der Waals surface area (Å²) in [5.41, 5.74) is 1.73. The Labute approximate surface area is 146 Å². The van der Waals surface area contributed by atoms with Crippen molar-refractivity contribution in [1.29, 1.82) is 0 Å². The quantitative estimate of drug-likeness (QED) is 0.580. The van der Waals surface area contributed by atoms with E-state index in [1.54, 1.807) is 6.08 Å². The number of carbonyl (C=O) groups excluding carboxylic acids is 2. The number of methoxy groups -OCH3 is 1. The van der Waals surface area contributed by atoms with Crippen molar-refractivity contribution < 1.29 is 23.8 Å². The molecule has 0 spiro atoms. The highest BCUT2D eigenvalue weighted by atomic mass is 16.5. The minimum atomic E-state index is -0.464. The van der Waals surface area contributed by atoms with E-state index in [9.17, 15) is 9.59 Å². The molecular formula is C20H20O5. The van der Waals surface area contributed by atoms with Gasteiger partial charge in [-0.05, 0) is 24.3 Å². The summed E-state index contributed by atoms with van der Waals surface area (Å²) >= 11 is 0. The molecule has 1 aliphatic heterocycles. The summed E-state index contributed by atoms with van der Waals surface area (Å²) in [5, 5.41) is 0. The maximum absolute atomic E-state index is 12.2. The molecule has 0 saturated heterocycles. The van der Waals surface area contributed by atoms with Crippen LogP contribution in [0.15, 0.2) is 53.3 Å². The summed E-state index contributed by atoms with van der Waals surface area (Å²) in [7, 11) is 1.33. The molecule has 0 radical (unpaired) electrons. The first-order chi connectivity index (χ1) is 12.2. The summed E-state index contributed by atoms with van der Waals surface area (Å²) in [6, 6.07) is 7.45. The summed E-state index contributed by atoms with van der Waals surface area (Å²) in [5.74, 6) is 0.890. The maximum Gasteiger partial charge on any atom is 0.334 e. The average molecular weight is 340 g/mol. The normalized spacial score (nSPS) is 21.2. The van der Waals surface area contributed by atoms with Gasteiger partial charge in [-0.25, -0.2) is 4.79 Å². The molecule has 0 amide bonds. The van der Waals surface area contributed by atoms with Gasteiger partial charge in [0, 0.05) is 36.0 Å². The molecule has 1 aromatic rings. The van der Waals surface area contributed by atoms with Gasteiger partial charge in [0.15, 0.2) is 5.78 Å². The average Bonchev–Trinajstić information content (AvgIpc) is 2.97. The van der Waals surface area contributed by atoms with Gasteiger partial charge in [0.2, 0.25) is 0 Å². The van der Waals surface area contributed by atoms with Crippen molar-refractivity contribution in [2.45, 2.75) is 19.3 Å². The minimum Gasteiger partial charge on any atom is -0.493 e. The molecule has 0 fully saturated rings. The van der Waals surface area contributed by atoms with E-state index in [0.717, 1.165) is 5.56 Å². The number of hydrogen-bond acceptors (Lipinski definition) is 5. The molecule has 0 saturated carbocycles. The zero-order valence-corrected chi connectivity index (χ0v) is 14.1. The fourth-order valence-corrected chi connectivity index (χ4v) is 2.89. The lowest BCUT2D eigenvalue weighted by molar-refractivity contribution is -0.136. The van der Waals surface area contributed by atoms with Gasteiger partial charge in [-0.2, -0.15) is 0 Å². The highest BCUT2D eigenvalue weighted by Crippen LogP contribution is 2.31. The fourth-order valence-electron chi connectivity index (χ4n) is 2.89. The number of allylic oxidation sites excluding steroid dienone is 2. The first-order valence-corrected chi connectivity index (χ1v) is 8.22. The largest absolute Gasteiger partial charge is 0.493 e. The van der Waals surface area contributed by atoms with E-state index in [0.29, 0.717) is 48.7 Å². The summed E-state index contributed by atoms with van der Waals surface area (Å²) in [6.45, 7) is 0.765. The Balaban J connectivity index is 2.06. The maximum atomic E-state index is 12.2. The molecule has 130 valence electrons. The van der Waals surface area contributed by atoms with E-state index in [1.807, 2.05) is 36.4 Å². The van der Waals surface area contributed by atoms with Crippen LogP contribution in [0, 0.1) is 0 Å². The second kappa shape index (κ2) is 7.83. The molecule has 5 nitrogen and oxygen atoms in total. The molecule has 3 rings (SSSR count). The molecule has 0 aromatic heterocycles. The first kappa shape index (κ1) is 17.0. The molecule has 25 heavy (non-hydrogen) atoms. The molecule has 1 aromatic carbocycles. The smallest absolute Gasteiger partial charge is 0.334 e. The topological polar surface area (TPSA) is 61.8 Å². The molecule has 1 heterocycles. The fraction of sp³-hybridized carbons (Fsp3) is 0.300. The van der Waals surface area contributed by atoms with Gasteiger partial charge in [-0.3, -0.25) is 4.79 Å². The van der Waals surface area contributed by atoms with Crippen LogP contribution < -0.4 is 4.74 Å². The molecule has 1 aliphatic carbocycles. The van der Waals surface area contributed by atoms with Crippen LogP contribution in [-0.2, 0) is 19.1 Å². The SMILES string of the molecule is COC(=O)/C1=C/c2ccccc2OC/C=C/COC2=C(C1)C(=O)CC2. The van der Waals surface area contributed by atoms with E-state index >= 15 is 0 Å². The predicted molar refractivity (Wildman–Crippen MR) is 92.9 cm³/mol. The number of fused-ring (bicyclic) bond motifs is 1. The molecule has 5 heteroatoms. The summed E-state index contributed by atoms with van der Waals surface area (Å²) < 4.78 is 16.4. The number of benzene rings is 1. The second-order valence-electron chi connectivity index (χ2n) is 5.79. The number of hydrogen-bond donors (Lipinski definition) is 0. The Morgan fingerprint density at radius 2 is 1.84 bits per heavy atom. The lowest BCUT2D eigenvalue weighted by atomic mass is 10.0. The molecule has 2 aliphatic rings. The molecular weight excluding hydrogens is 320 g/mol. The van der Waals surface area contributed by atoms with Gasteiger partial charge in [0.1, 0.15) is 24.7 Å². The van der Waals surface area contributed by atoms with Gasteiger partial charge < -0.3 is 14.2 Å². The lowest BCUT2D eigenvalue weighted by Gasteiger charge is -2.11. The Bertz CT molecular complexity index is 770. The van der Waals surface area contributed by atoms with Crippen molar-refractivity contribution >= 4 is 17.8 Å². The van der Waals surface area contributed by atoms with Crippen LogP contribution in [0.2, 0.25) is 0 Å². The van der Waals surface area contributed by atoms with E-state index in [2.05, 4.69) is 0 Å².